The van der Waals surface area contributed by atoms with E-state index in [-0.39, 0.29) is 17.6 Å². The first kappa shape index (κ1) is 20.6. The number of nitrogens with zero attached hydrogens (tertiary/aromatic N) is 2. The van der Waals surface area contributed by atoms with Crippen molar-refractivity contribution < 1.29 is 14.0 Å². The average Bonchev–Trinajstić information content (AvgIpc) is 3.23. The first-order valence-corrected chi connectivity index (χ1v) is 10.3. The van der Waals surface area contributed by atoms with Crippen molar-refractivity contribution in [3.8, 4) is 0 Å². The largest absolute Gasteiger partial charge is 0.459 e. The van der Waals surface area contributed by atoms with Crippen LogP contribution in [0.2, 0.25) is 0 Å². The first-order valence-electron chi connectivity index (χ1n) is 9.09. The van der Waals surface area contributed by atoms with E-state index >= 15 is 0 Å². The fourth-order valence-corrected chi connectivity index (χ4v) is 3.32. The molecule has 8 heteroatoms. The number of aryl methyl sites for hydroxylation is 2. The highest BCUT2D eigenvalue weighted by Crippen LogP contribution is 2.18. The third-order valence-corrected chi connectivity index (χ3v) is 4.90. The van der Waals surface area contributed by atoms with Crippen molar-refractivity contribution in [3.05, 3.63) is 65.4 Å². The molecule has 2 N–H and O–H groups in total. The summed E-state index contributed by atoms with van der Waals surface area (Å²) in [6.45, 7) is 3.88. The van der Waals surface area contributed by atoms with Crippen molar-refractivity contribution in [2.45, 2.75) is 31.8 Å². The Morgan fingerprint density at radius 3 is 2.17 bits per heavy atom. The smallest absolute Gasteiger partial charge is 0.291 e. The second kappa shape index (κ2) is 9.38. The minimum Gasteiger partial charge on any atom is -0.459 e. The summed E-state index contributed by atoms with van der Waals surface area (Å²) in [6.07, 6.45) is 4.30. The van der Waals surface area contributed by atoms with E-state index in [9.17, 15) is 9.59 Å². The summed E-state index contributed by atoms with van der Waals surface area (Å²) < 4.78 is 5.06. The highest BCUT2D eigenvalue weighted by atomic mass is 32.2. The molecule has 0 fully saturated rings. The molecular formula is C21H22N4O3S. The molecule has 0 aliphatic rings. The molecule has 3 rings (SSSR count). The molecule has 0 bridgehead atoms. The van der Waals surface area contributed by atoms with Gasteiger partial charge in [0.15, 0.2) is 10.9 Å². The Labute approximate surface area is 173 Å². The van der Waals surface area contributed by atoms with E-state index in [1.54, 1.807) is 36.4 Å². The molecule has 0 saturated carbocycles. The van der Waals surface area contributed by atoms with Crippen molar-refractivity contribution in [3.63, 3.8) is 0 Å². The van der Waals surface area contributed by atoms with Crippen LogP contribution in [0.25, 0.3) is 0 Å². The van der Waals surface area contributed by atoms with Crippen LogP contribution in [0, 0.1) is 13.8 Å². The Kier molecular flexibility index (Phi) is 6.66. The van der Waals surface area contributed by atoms with Gasteiger partial charge in [-0.2, -0.15) is 0 Å². The molecule has 0 radical (unpaired) electrons. The van der Waals surface area contributed by atoms with Crippen molar-refractivity contribution in [2.75, 3.05) is 16.9 Å². The number of hydrogen-bond acceptors (Lipinski definition) is 6. The molecule has 2 aromatic heterocycles. The van der Waals surface area contributed by atoms with Gasteiger partial charge in [0.05, 0.1) is 6.26 Å². The molecule has 1 aromatic carbocycles. The SMILES string of the molecule is CSc1nc(C)c(CCC(=O)Nc2ccc(NC(=O)c3ccco3)cc2)c(C)n1. The minimum atomic E-state index is -0.327. The van der Waals surface area contributed by atoms with Crippen LogP contribution in [-0.2, 0) is 11.2 Å². The highest BCUT2D eigenvalue weighted by Gasteiger charge is 2.12. The van der Waals surface area contributed by atoms with Crippen LogP contribution in [0.15, 0.2) is 52.2 Å². The van der Waals surface area contributed by atoms with E-state index in [4.69, 9.17) is 4.42 Å². The van der Waals surface area contributed by atoms with Gasteiger partial charge in [-0.25, -0.2) is 9.97 Å². The average molecular weight is 410 g/mol. The van der Waals surface area contributed by atoms with Gasteiger partial charge in [-0.1, -0.05) is 11.8 Å². The molecule has 3 aromatic rings. The Balaban J connectivity index is 1.54. The van der Waals surface area contributed by atoms with Crippen molar-refractivity contribution in [1.82, 2.24) is 9.97 Å². The predicted molar refractivity (Wildman–Crippen MR) is 113 cm³/mol. The summed E-state index contributed by atoms with van der Waals surface area (Å²) in [7, 11) is 0. The Morgan fingerprint density at radius 1 is 1.00 bits per heavy atom. The number of aromatic nitrogens is 2. The van der Waals surface area contributed by atoms with Gasteiger partial charge in [0.2, 0.25) is 5.91 Å². The van der Waals surface area contributed by atoms with E-state index in [0.717, 1.165) is 22.1 Å². The number of amides is 2. The summed E-state index contributed by atoms with van der Waals surface area (Å²) in [6, 6.07) is 10.2. The van der Waals surface area contributed by atoms with Crippen LogP contribution in [0.5, 0.6) is 0 Å². The van der Waals surface area contributed by atoms with Crippen molar-refractivity contribution in [2.24, 2.45) is 0 Å². The summed E-state index contributed by atoms with van der Waals surface area (Å²) in [5, 5.41) is 6.34. The lowest BCUT2D eigenvalue weighted by atomic mass is 10.1. The summed E-state index contributed by atoms with van der Waals surface area (Å²) in [5.41, 5.74) is 4.10. The predicted octanol–water partition coefficient (Wildman–Crippen LogP) is 4.23. The standard InChI is InChI=1S/C21H22N4O3S/c1-13-17(14(2)23-21(22-13)29-3)10-11-19(26)24-15-6-8-16(9-7-15)25-20(27)18-5-4-12-28-18/h4-9,12H,10-11H2,1-3H3,(H,24,26)(H,25,27). The molecule has 0 unspecified atom stereocenters. The van der Waals surface area contributed by atoms with Gasteiger partial charge in [0, 0.05) is 29.2 Å². The number of thioether (sulfide) groups is 1. The van der Waals surface area contributed by atoms with Crippen LogP contribution < -0.4 is 10.6 Å². The number of anilines is 2. The maximum Gasteiger partial charge on any atom is 0.291 e. The van der Waals surface area contributed by atoms with Crippen LogP contribution in [0.1, 0.15) is 33.9 Å². The molecule has 0 spiro atoms. The molecule has 0 aliphatic carbocycles. The van der Waals surface area contributed by atoms with Gasteiger partial charge >= 0.3 is 0 Å². The maximum atomic E-state index is 12.3. The zero-order valence-corrected chi connectivity index (χ0v) is 17.3. The number of rotatable bonds is 7. The highest BCUT2D eigenvalue weighted by molar-refractivity contribution is 7.98. The Morgan fingerprint density at radius 2 is 1.62 bits per heavy atom. The summed E-state index contributed by atoms with van der Waals surface area (Å²) in [5.74, 6) is -0.181. The number of nitrogens with one attached hydrogen (secondary N) is 2. The third kappa shape index (κ3) is 5.45. The van der Waals surface area contributed by atoms with Gasteiger partial charge in [-0.15, -0.1) is 0 Å². The van der Waals surface area contributed by atoms with Gasteiger partial charge in [0.1, 0.15) is 0 Å². The second-order valence-electron chi connectivity index (χ2n) is 6.42. The lowest BCUT2D eigenvalue weighted by Gasteiger charge is -2.10. The summed E-state index contributed by atoms with van der Waals surface area (Å²) in [4.78, 5) is 33.2. The van der Waals surface area contributed by atoms with Crippen molar-refractivity contribution in [1.29, 1.82) is 0 Å². The van der Waals surface area contributed by atoms with Crippen LogP contribution >= 0.6 is 11.8 Å². The zero-order chi connectivity index (χ0) is 20.8. The number of carbonyl (C=O) groups excluding carboxylic acids is 2. The van der Waals surface area contributed by atoms with E-state index in [2.05, 4.69) is 20.6 Å². The van der Waals surface area contributed by atoms with E-state index < -0.39 is 0 Å². The molecule has 0 atom stereocenters. The normalized spacial score (nSPS) is 10.6. The lowest BCUT2D eigenvalue weighted by molar-refractivity contribution is -0.116. The fourth-order valence-electron chi connectivity index (χ4n) is 2.86. The van der Waals surface area contributed by atoms with E-state index in [0.29, 0.717) is 24.2 Å². The Bertz CT molecular complexity index is 978. The van der Waals surface area contributed by atoms with Crippen LogP contribution in [-0.4, -0.2) is 28.0 Å². The summed E-state index contributed by atoms with van der Waals surface area (Å²) >= 11 is 1.50. The van der Waals surface area contributed by atoms with Crippen LogP contribution in [0.3, 0.4) is 0 Å². The molecular weight excluding hydrogens is 388 g/mol. The number of benzene rings is 1. The lowest BCUT2D eigenvalue weighted by Crippen LogP contribution is -2.14. The number of hydrogen-bond donors (Lipinski definition) is 2. The fraction of sp³-hybridized carbons (Fsp3) is 0.238. The quantitative estimate of drug-likeness (QED) is 0.447. The Hall–Kier alpha value is -3.13. The van der Waals surface area contributed by atoms with Gasteiger partial charge in [-0.05, 0) is 68.5 Å². The first-order chi connectivity index (χ1) is 14.0. The second-order valence-corrected chi connectivity index (χ2v) is 7.19. The monoisotopic (exact) mass is 410 g/mol. The number of furan rings is 1. The molecule has 0 saturated heterocycles. The van der Waals surface area contributed by atoms with Crippen LogP contribution in [0.4, 0.5) is 11.4 Å². The van der Waals surface area contributed by atoms with Crippen molar-refractivity contribution >= 4 is 35.0 Å². The topological polar surface area (TPSA) is 97.1 Å². The molecule has 2 heterocycles. The maximum absolute atomic E-state index is 12.3. The van der Waals surface area contributed by atoms with E-state index in [1.807, 2.05) is 20.1 Å². The molecule has 0 aliphatic heterocycles. The van der Waals surface area contributed by atoms with Gasteiger partial charge in [-0.3, -0.25) is 9.59 Å². The van der Waals surface area contributed by atoms with E-state index in [1.165, 1.54) is 18.0 Å². The molecule has 150 valence electrons. The number of carbonyl (C=O) groups is 2. The van der Waals surface area contributed by atoms with Gasteiger partial charge in [0.25, 0.3) is 5.91 Å². The minimum absolute atomic E-state index is 0.0925. The third-order valence-electron chi connectivity index (χ3n) is 4.36. The molecule has 7 nitrogen and oxygen atoms in total. The molecule has 2 amide bonds. The zero-order valence-electron chi connectivity index (χ0n) is 16.5. The molecule has 29 heavy (non-hydrogen) atoms. The van der Waals surface area contributed by atoms with Gasteiger partial charge < -0.3 is 15.1 Å².